The lowest BCUT2D eigenvalue weighted by Crippen LogP contribution is -2.28. The third-order valence-electron chi connectivity index (χ3n) is 4.70. The maximum atomic E-state index is 11.6. The number of nitrogens with one attached hydrogen (secondary N) is 2. The molecule has 32 heavy (non-hydrogen) atoms. The molecule has 160 valence electrons. The maximum absolute atomic E-state index is 11.6. The highest BCUT2D eigenvalue weighted by molar-refractivity contribution is 5.90. The number of anilines is 1. The molecule has 0 atom stereocenters. The molecule has 9 nitrogen and oxygen atoms in total. The summed E-state index contributed by atoms with van der Waals surface area (Å²) >= 11 is 0. The van der Waals surface area contributed by atoms with E-state index < -0.39 is 6.03 Å². The molecule has 2 heterocycles. The molecule has 0 bridgehead atoms. The van der Waals surface area contributed by atoms with Crippen molar-refractivity contribution in [1.29, 1.82) is 0 Å². The SMILES string of the molecule is NC(N)=NC(=O)NCc1cccc(-c2cnc(NCc3ccc4ncccc4c3)nc2)c1. The lowest BCUT2D eigenvalue weighted by molar-refractivity contribution is 0.249. The van der Waals surface area contributed by atoms with Crippen LogP contribution in [0, 0.1) is 0 Å². The molecule has 0 aliphatic rings. The van der Waals surface area contributed by atoms with E-state index in [-0.39, 0.29) is 5.96 Å². The van der Waals surface area contributed by atoms with Crippen LogP contribution < -0.4 is 22.1 Å². The molecule has 0 fully saturated rings. The molecule has 0 aliphatic carbocycles. The Kier molecular flexibility index (Phi) is 6.17. The van der Waals surface area contributed by atoms with Gasteiger partial charge >= 0.3 is 6.03 Å². The second-order valence-electron chi connectivity index (χ2n) is 7.08. The third-order valence-corrected chi connectivity index (χ3v) is 4.70. The van der Waals surface area contributed by atoms with Crippen LogP contribution in [0.2, 0.25) is 0 Å². The summed E-state index contributed by atoms with van der Waals surface area (Å²) in [6.07, 6.45) is 5.31. The molecule has 0 saturated heterocycles. The Hall–Kier alpha value is -4.53. The van der Waals surface area contributed by atoms with E-state index in [0.717, 1.165) is 33.2 Å². The number of benzene rings is 2. The van der Waals surface area contributed by atoms with Gasteiger partial charge in [0, 0.05) is 42.6 Å². The minimum Gasteiger partial charge on any atom is -0.370 e. The number of amides is 2. The standard InChI is InChI=1S/C23H22N8O/c24-21(25)31-23(32)30-12-15-3-1-4-17(9-15)19-13-28-22(29-14-19)27-11-16-6-7-20-18(10-16)5-2-8-26-20/h1-10,13-14H,11-12H2,(H,27,28,29)(H5,24,25,30,31,32). The van der Waals surface area contributed by atoms with Crippen molar-refractivity contribution in [2.45, 2.75) is 13.1 Å². The number of hydrogen-bond donors (Lipinski definition) is 4. The highest BCUT2D eigenvalue weighted by Crippen LogP contribution is 2.20. The minimum absolute atomic E-state index is 0.278. The lowest BCUT2D eigenvalue weighted by Gasteiger charge is -2.08. The number of nitrogens with zero attached hydrogens (tertiary/aromatic N) is 4. The smallest absolute Gasteiger partial charge is 0.344 e. The zero-order valence-electron chi connectivity index (χ0n) is 17.2. The molecule has 0 saturated carbocycles. The van der Waals surface area contributed by atoms with Crippen LogP contribution in [0.4, 0.5) is 10.7 Å². The first-order valence-corrected chi connectivity index (χ1v) is 9.93. The normalized spacial score (nSPS) is 10.5. The third kappa shape index (κ3) is 5.33. The molecule has 0 unspecified atom stereocenters. The van der Waals surface area contributed by atoms with Crippen LogP contribution in [0.25, 0.3) is 22.0 Å². The van der Waals surface area contributed by atoms with Gasteiger partial charge < -0.3 is 22.1 Å². The van der Waals surface area contributed by atoms with E-state index in [9.17, 15) is 4.79 Å². The minimum atomic E-state index is -0.586. The molecule has 2 amide bonds. The van der Waals surface area contributed by atoms with Crippen LogP contribution in [-0.2, 0) is 13.1 Å². The fourth-order valence-electron chi connectivity index (χ4n) is 3.18. The van der Waals surface area contributed by atoms with Crippen LogP contribution >= 0.6 is 0 Å². The Morgan fingerprint density at radius 2 is 1.69 bits per heavy atom. The molecular formula is C23H22N8O. The monoisotopic (exact) mass is 426 g/mol. The number of pyridine rings is 1. The fourth-order valence-corrected chi connectivity index (χ4v) is 3.18. The summed E-state index contributed by atoms with van der Waals surface area (Å²) in [6, 6.07) is 17.2. The number of guanidine groups is 1. The summed E-state index contributed by atoms with van der Waals surface area (Å²) in [7, 11) is 0. The van der Waals surface area contributed by atoms with E-state index in [1.807, 2.05) is 48.5 Å². The van der Waals surface area contributed by atoms with Crippen molar-refractivity contribution in [1.82, 2.24) is 20.3 Å². The Morgan fingerprint density at radius 3 is 2.50 bits per heavy atom. The van der Waals surface area contributed by atoms with Gasteiger partial charge in [-0.3, -0.25) is 4.98 Å². The average Bonchev–Trinajstić information content (AvgIpc) is 2.81. The highest BCUT2D eigenvalue weighted by Gasteiger charge is 2.05. The topological polar surface area (TPSA) is 144 Å². The zero-order chi connectivity index (χ0) is 22.3. The van der Waals surface area contributed by atoms with E-state index >= 15 is 0 Å². The number of aliphatic imine (C=N–C) groups is 1. The molecule has 4 rings (SSSR count). The largest absolute Gasteiger partial charge is 0.370 e. The molecule has 9 heteroatoms. The first-order valence-electron chi connectivity index (χ1n) is 9.93. The summed E-state index contributed by atoms with van der Waals surface area (Å²) < 4.78 is 0. The fraction of sp³-hybridized carbons (Fsp3) is 0.0870. The summed E-state index contributed by atoms with van der Waals surface area (Å²) in [4.78, 5) is 28.2. The van der Waals surface area contributed by atoms with Crippen molar-refractivity contribution >= 4 is 28.8 Å². The number of carbonyl (C=O) groups is 1. The Bertz CT molecular complexity index is 1270. The predicted molar refractivity (Wildman–Crippen MR) is 125 cm³/mol. The summed E-state index contributed by atoms with van der Waals surface area (Å²) in [6.45, 7) is 0.903. The first-order chi connectivity index (χ1) is 15.6. The van der Waals surface area contributed by atoms with Gasteiger partial charge in [0.25, 0.3) is 0 Å². The number of urea groups is 1. The van der Waals surface area contributed by atoms with Gasteiger partial charge in [-0.15, -0.1) is 0 Å². The van der Waals surface area contributed by atoms with Crippen molar-refractivity contribution in [3.8, 4) is 11.1 Å². The molecule has 0 spiro atoms. The summed E-state index contributed by atoms with van der Waals surface area (Å²) in [5, 5.41) is 6.97. The van der Waals surface area contributed by atoms with Crippen LogP contribution in [-0.4, -0.2) is 26.9 Å². The van der Waals surface area contributed by atoms with Crippen LogP contribution in [0.3, 0.4) is 0 Å². The van der Waals surface area contributed by atoms with Gasteiger partial charge in [-0.25, -0.2) is 14.8 Å². The average molecular weight is 426 g/mol. The number of carbonyl (C=O) groups excluding carboxylic acids is 1. The molecule has 6 N–H and O–H groups in total. The summed E-state index contributed by atoms with van der Waals surface area (Å²) in [5.74, 6) is 0.264. The quantitative estimate of drug-likeness (QED) is 0.274. The van der Waals surface area contributed by atoms with Crippen molar-refractivity contribution < 1.29 is 4.79 Å². The molecule has 2 aromatic heterocycles. The number of rotatable bonds is 6. The Labute approximate surface area is 184 Å². The number of fused-ring (bicyclic) bond motifs is 1. The molecule has 2 aromatic carbocycles. The number of hydrogen-bond acceptors (Lipinski definition) is 5. The van der Waals surface area contributed by atoms with Crippen LogP contribution in [0.5, 0.6) is 0 Å². The maximum Gasteiger partial charge on any atom is 0.344 e. The molecule has 0 aliphatic heterocycles. The molecular weight excluding hydrogens is 404 g/mol. The van der Waals surface area contributed by atoms with Gasteiger partial charge in [0.05, 0.1) is 5.52 Å². The van der Waals surface area contributed by atoms with E-state index in [1.54, 1.807) is 18.6 Å². The highest BCUT2D eigenvalue weighted by atomic mass is 16.2. The van der Waals surface area contributed by atoms with E-state index in [1.165, 1.54) is 0 Å². The Morgan fingerprint density at radius 1 is 0.875 bits per heavy atom. The van der Waals surface area contributed by atoms with Crippen LogP contribution in [0.15, 0.2) is 78.2 Å². The van der Waals surface area contributed by atoms with E-state index in [2.05, 4.69) is 36.6 Å². The van der Waals surface area contributed by atoms with Crippen molar-refractivity contribution in [2.75, 3.05) is 5.32 Å². The van der Waals surface area contributed by atoms with Crippen LogP contribution in [0.1, 0.15) is 11.1 Å². The second kappa shape index (κ2) is 9.52. The Balaban J connectivity index is 1.38. The summed E-state index contributed by atoms with van der Waals surface area (Å²) in [5.41, 5.74) is 15.2. The number of nitrogens with two attached hydrogens (primary N) is 2. The molecule has 0 radical (unpaired) electrons. The number of aromatic nitrogens is 3. The molecule has 4 aromatic rings. The van der Waals surface area contributed by atoms with Gasteiger partial charge in [0.1, 0.15) is 0 Å². The lowest BCUT2D eigenvalue weighted by atomic mass is 10.1. The van der Waals surface area contributed by atoms with Gasteiger partial charge in [-0.1, -0.05) is 30.3 Å². The van der Waals surface area contributed by atoms with Crippen molar-refractivity contribution in [2.24, 2.45) is 16.5 Å². The zero-order valence-corrected chi connectivity index (χ0v) is 17.2. The van der Waals surface area contributed by atoms with E-state index in [4.69, 9.17) is 11.5 Å². The van der Waals surface area contributed by atoms with Gasteiger partial charge in [0.2, 0.25) is 5.95 Å². The van der Waals surface area contributed by atoms with E-state index in [0.29, 0.717) is 19.0 Å². The van der Waals surface area contributed by atoms with Gasteiger partial charge in [-0.2, -0.15) is 4.99 Å². The first kappa shape index (κ1) is 20.7. The van der Waals surface area contributed by atoms with Gasteiger partial charge in [-0.05, 0) is 41.0 Å². The second-order valence-corrected chi connectivity index (χ2v) is 7.08. The van der Waals surface area contributed by atoms with Gasteiger partial charge in [0.15, 0.2) is 5.96 Å². The van der Waals surface area contributed by atoms with Crippen molar-refractivity contribution in [3.05, 3.63) is 84.3 Å². The predicted octanol–water partition coefficient (Wildman–Crippen LogP) is 2.79. The van der Waals surface area contributed by atoms with Crippen molar-refractivity contribution in [3.63, 3.8) is 0 Å².